The first-order valence-corrected chi connectivity index (χ1v) is 25.7. The summed E-state index contributed by atoms with van der Waals surface area (Å²) < 4.78 is 26.9. The molecule has 3 unspecified atom stereocenters. The van der Waals surface area contributed by atoms with Gasteiger partial charge in [0, 0.05) is 31.8 Å². The highest BCUT2D eigenvalue weighted by Gasteiger charge is 2.21. The fraction of sp³-hybridized carbons (Fsp3) is 0.214. The number of aliphatic carboxylic acids is 1. The van der Waals surface area contributed by atoms with Crippen LogP contribution < -0.4 is 14.2 Å². The Morgan fingerprint density at radius 1 is 0.545 bits per heavy atom. The molecule has 77 heavy (non-hydrogen) atoms. The number of nitrogens with zero attached hydrogens (tertiary/aromatic N) is 5. The lowest BCUT2D eigenvalue weighted by Crippen LogP contribution is -2.26. The van der Waals surface area contributed by atoms with Crippen LogP contribution in [0.15, 0.2) is 122 Å². The first kappa shape index (κ1) is 56.7. The first-order valence-electron chi connectivity index (χ1n) is 23.8. The number of carbonyl (C=O) groups is 3. The van der Waals surface area contributed by atoms with Gasteiger partial charge < -0.3 is 44.1 Å². The van der Waals surface area contributed by atoms with E-state index in [9.17, 15) is 29.7 Å². The van der Waals surface area contributed by atoms with Crippen molar-refractivity contribution in [2.75, 3.05) is 13.7 Å². The second kappa shape index (κ2) is 26.1. The Labute approximate surface area is 460 Å². The molecule has 0 radical (unpaired) electrons. The van der Waals surface area contributed by atoms with E-state index in [-0.39, 0.29) is 34.5 Å². The van der Waals surface area contributed by atoms with Crippen LogP contribution in [0.3, 0.4) is 0 Å². The number of phenols is 3. The van der Waals surface area contributed by atoms with E-state index < -0.39 is 36.2 Å². The zero-order valence-corrected chi connectivity index (χ0v) is 45.0. The molecule has 3 atom stereocenters. The van der Waals surface area contributed by atoms with E-state index in [1.54, 1.807) is 99.0 Å². The molecule has 0 spiro atoms. The van der Waals surface area contributed by atoms with Gasteiger partial charge in [0.2, 0.25) is 0 Å². The predicted octanol–water partition coefficient (Wildman–Crippen LogP) is 12.9. The molecule has 4 N–H and O–H groups in total. The number of hydrogen-bond acceptors (Lipinski definition) is 17. The summed E-state index contributed by atoms with van der Waals surface area (Å²) in [7, 11) is 1.27. The Morgan fingerprint density at radius 2 is 1.00 bits per heavy atom. The van der Waals surface area contributed by atoms with Gasteiger partial charge in [0.05, 0.1) is 69.8 Å². The lowest BCUT2D eigenvalue weighted by atomic mass is 10.1. The van der Waals surface area contributed by atoms with E-state index in [4.69, 9.17) is 58.9 Å². The minimum atomic E-state index is -1.10. The number of methoxy groups -OCH3 is 1. The van der Waals surface area contributed by atoms with Gasteiger partial charge in [-0.3, -0.25) is 9.97 Å². The van der Waals surface area contributed by atoms with Crippen molar-refractivity contribution >= 4 is 96.3 Å². The van der Waals surface area contributed by atoms with Crippen LogP contribution in [-0.4, -0.2) is 95.3 Å². The van der Waals surface area contributed by atoms with Crippen LogP contribution >= 0.6 is 46.1 Å². The van der Waals surface area contributed by atoms with E-state index in [0.29, 0.717) is 66.3 Å². The topological polar surface area (TPSA) is 243 Å². The Bertz CT molecular complexity index is 3590. The summed E-state index contributed by atoms with van der Waals surface area (Å²) in [6.45, 7) is 6.98. The number of unbranched alkanes of at least 4 members (excludes halogenated alkanes) is 2. The molecule has 3 heterocycles. The smallest absolute Gasteiger partial charge is 0.347 e. The number of carbonyl (C=O) groups excluding carboxylic acids is 2. The summed E-state index contributed by atoms with van der Waals surface area (Å²) in [5.41, 5.74) is 6.86. The molecular formula is C56H50Cl3N5O12S. The van der Waals surface area contributed by atoms with Gasteiger partial charge in [-0.25, -0.2) is 29.3 Å². The van der Waals surface area contributed by atoms with Gasteiger partial charge in [0.25, 0.3) is 0 Å². The highest BCUT2D eigenvalue weighted by Crippen LogP contribution is 2.38. The number of carboxylic acids is 1. The minimum Gasteiger partial charge on any atom is -0.504 e. The van der Waals surface area contributed by atoms with Crippen LogP contribution in [0.2, 0.25) is 15.1 Å². The highest BCUT2D eigenvalue weighted by molar-refractivity contribution is 7.21. The van der Waals surface area contributed by atoms with Crippen molar-refractivity contribution in [3.63, 3.8) is 0 Å². The third-order valence-electron chi connectivity index (χ3n) is 11.2. The largest absolute Gasteiger partial charge is 0.504 e. The molecule has 0 amide bonds. The monoisotopic (exact) mass is 1120 g/mol. The Kier molecular flexibility index (Phi) is 19.3. The maximum Gasteiger partial charge on any atom is 0.347 e. The summed E-state index contributed by atoms with van der Waals surface area (Å²) in [5.74, 6) is -1.91. The SMILES string of the molecule is CC(Oc1ccc(-c2nc3ccc(Cl)cc3s2)cc1O)C(=O)O.CCCCCOC(=O)C(C)Oc1ccc(-c2cnc3cc(Cl)ccc3n2)cc1O.COC(=O)C(C)Oc1ccc(-c2cnc3cc(Cl)ccc3n2)cc1O. The van der Waals surface area contributed by atoms with Gasteiger partial charge in [-0.1, -0.05) is 54.6 Å². The van der Waals surface area contributed by atoms with Crippen molar-refractivity contribution in [2.24, 2.45) is 0 Å². The summed E-state index contributed by atoms with van der Waals surface area (Å²) in [4.78, 5) is 56.5. The second-order valence-corrected chi connectivity index (χ2v) is 19.3. The van der Waals surface area contributed by atoms with Gasteiger partial charge >= 0.3 is 17.9 Å². The number of benzene rings is 6. The Morgan fingerprint density at radius 3 is 1.48 bits per heavy atom. The molecular weight excluding hydrogens is 1070 g/mol. The van der Waals surface area contributed by atoms with Crippen molar-refractivity contribution in [3.05, 3.63) is 137 Å². The van der Waals surface area contributed by atoms with Gasteiger partial charge in [0.15, 0.2) is 52.8 Å². The zero-order valence-electron chi connectivity index (χ0n) is 41.9. The molecule has 21 heteroatoms. The lowest BCUT2D eigenvalue weighted by molar-refractivity contribution is -0.151. The third-order valence-corrected chi connectivity index (χ3v) is 13.0. The molecule has 0 aliphatic rings. The van der Waals surface area contributed by atoms with Gasteiger partial charge in [-0.15, -0.1) is 11.3 Å². The van der Waals surface area contributed by atoms with Crippen molar-refractivity contribution in [2.45, 2.75) is 65.3 Å². The molecule has 398 valence electrons. The van der Waals surface area contributed by atoms with E-state index in [0.717, 1.165) is 40.1 Å². The number of carboxylic acid groups (broad SMARTS) is 1. The van der Waals surface area contributed by atoms with Gasteiger partial charge in [-0.05, 0) is 136 Å². The molecule has 0 aliphatic heterocycles. The van der Waals surface area contributed by atoms with E-state index in [1.807, 2.05) is 12.1 Å². The molecule has 0 saturated carbocycles. The summed E-state index contributed by atoms with van der Waals surface area (Å²) in [6.07, 6.45) is 3.42. The Hall–Kier alpha value is -8.03. The van der Waals surface area contributed by atoms with Gasteiger partial charge in [0.1, 0.15) is 5.01 Å². The van der Waals surface area contributed by atoms with Crippen LogP contribution in [-0.2, 0) is 23.9 Å². The number of thiazole rings is 1. The molecule has 0 saturated heterocycles. The van der Waals surface area contributed by atoms with Crippen LogP contribution in [0.1, 0.15) is 47.0 Å². The van der Waals surface area contributed by atoms with E-state index >= 15 is 0 Å². The number of esters is 2. The number of fused-ring (bicyclic) bond motifs is 3. The molecule has 9 aromatic rings. The molecule has 0 aliphatic carbocycles. The quantitative estimate of drug-likeness (QED) is 0.0519. The molecule has 3 aromatic heterocycles. The molecule has 9 rings (SSSR count). The summed E-state index contributed by atoms with van der Waals surface area (Å²) in [6, 6.07) is 30.4. The van der Waals surface area contributed by atoms with Crippen molar-refractivity contribution < 1.29 is 58.5 Å². The normalized spacial score (nSPS) is 12.1. The Balaban J connectivity index is 0.000000169. The van der Waals surface area contributed by atoms with Crippen LogP contribution in [0, 0.1) is 0 Å². The van der Waals surface area contributed by atoms with E-state index in [1.165, 1.54) is 49.6 Å². The average molecular weight is 1120 g/mol. The molecule has 0 fully saturated rings. The molecule has 6 aromatic carbocycles. The van der Waals surface area contributed by atoms with Crippen molar-refractivity contribution in [3.8, 4) is 67.6 Å². The lowest BCUT2D eigenvalue weighted by Gasteiger charge is -2.15. The number of ether oxygens (including phenoxy) is 5. The highest BCUT2D eigenvalue weighted by atomic mass is 35.5. The van der Waals surface area contributed by atoms with Crippen LogP contribution in [0.25, 0.3) is 65.4 Å². The van der Waals surface area contributed by atoms with Crippen molar-refractivity contribution in [1.82, 2.24) is 24.9 Å². The average Bonchev–Trinajstić information content (AvgIpc) is 3.84. The third kappa shape index (κ3) is 15.1. The number of aromatic hydroxyl groups is 3. The van der Waals surface area contributed by atoms with Crippen LogP contribution in [0.5, 0.6) is 34.5 Å². The zero-order chi connectivity index (χ0) is 55.3. The standard InChI is InChI=1S/C22H23ClN2O4.C18H15ClN2O4.C16H12ClNO4S/c1-3-4-5-10-28-22(27)14(2)29-21-9-6-15(11-20(21)26)19-13-24-18-12-16(23)7-8-17(18)25-19;1-10(18(23)24-2)25-17-6-3-11(7-16(17)22)15-9-20-14-8-12(19)4-5-13(14)21-15;1-8(16(20)21)22-13-5-2-9(6-12(13)19)15-18-11-4-3-10(17)7-14(11)23-15/h6-9,11-14,26H,3-5,10H2,1-2H3;3-10,22H,1-2H3;2-8,19H,1H3,(H,20,21). The van der Waals surface area contributed by atoms with E-state index in [2.05, 4.69) is 36.6 Å². The fourth-order valence-corrected chi connectivity index (χ4v) is 8.67. The number of aromatic nitrogens is 5. The molecule has 17 nitrogen and oxygen atoms in total. The summed E-state index contributed by atoms with van der Waals surface area (Å²) >= 11 is 19.3. The number of hydrogen-bond donors (Lipinski definition) is 4. The predicted molar refractivity (Wildman–Crippen MR) is 295 cm³/mol. The maximum atomic E-state index is 12.0. The van der Waals surface area contributed by atoms with Crippen molar-refractivity contribution in [1.29, 1.82) is 0 Å². The number of halogens is 3. The fourth-order valence-electron chi connectivity index (χ4n) is 7.10. The second-order valence-electron chi connectivity index (χ2n) is 17.0. The number of phenolic OH excluding ortho intramolecular Hbond substituents is 3. The number of rotatable bonds is 16. The minimum absolute atomic E-state index is 0.0915. The van der Waals surface area contributed by atoms with Gasteiger partial charge in [-0.2, -0.15) is 0 Å². The van der Waals surface area contributed by atoms with Crippen LogP contribution in [0.4, 0.5) is 0 Å². The summed E-state index contributed by atoms with van der Waals surface area (Å²) in [5, 5.41) is 41.9. The molecule has 0 bridgehead atoms. The maximum absolute atomic E-state index is 12.0. The first-order chi connectivity index (χ1) is 36.9.